The molecule has 1 aliphatic heterocycles. The van der Waals surface area contributed by atoms with Gasteiger partial charge in [-0.25, -0.2) is 4.39 Å². The molecule has 0 radical (unpaired) electrons. The number of ether oxygens (including phenoxy) is 1. The van der Waals surface area contributed by atoms with Crippen molar-refractivity contribution in [3.05, 3.63) is 63.4 Å². The van der Waals surface area contributed by atoms with Crippen molar-refractivity contribution in [1.29, 1.82) is 0 Å². The van der Waals surface area contributed by atoms with Gasteiger partial charge in [0.15, 0.2) is 0 Å². The lowest BCUT2D eigenvalue weighted by atomic mass is 9.95. The van der Waals surface area contributed by atoms with Gasteiger partial charge in [0.2, 0.25) is 0 Å². The van der Waals surface area contributed by atoms with Crippen molar-refractivity contribution >= 4 is 15.9 Å². The molecule has 4 heteroatoms. The van der Waals surface area contributed by atoms with Gasteiger partial charge in [0, 0.05) is 16.5 Å². The number of nitrogens with one attached hydrogen (secondary N) is 1. The fourth-order valence-corrected chi connectivity index (χ4v) is 3.27. The Morgan fingerprint density at radius 1 is 1.29 bits per heavy atom. The van der Waals surface area contributed by atoms with Crippen LogP contribution in [0.1, 0.15) is 29.7 Å². The quantitative estimate of drug-likeness (QED) is 0.891. The first-order chi connectivity index (χ1) is 10.2. The molecular formula is C17H17BrFNO. The van der Waals surface area contributed by atoms with Crippen molar-refractivity contribution in [2.24, 2.45) is 0 Å². The van der Waals surface area contributed by atoms with E-state index in [0.29, 0.717) is 0 Å². The van der Waals surface area contributed by atoms with E-state index in [9.17, 15) is 4.39 Å². The first-order valence-electron chi connectivity index (χ1n) is 7.13. The van der Waals surface area contributed by atoms with E-state index in [-0.39, 0.29) is 11.9 Å². The molecule has 0 amide bonds. The zero-order chi connectivity index (χ0) is 14.8. The summed E-state index contributed by atoms with van der Waals surface area (Å²) in [5.41, 5.74) is 3.18. The van der Waals surface area contributed by atoms with Gasteiger partial charge >= 0.3 is 0 Å². The summed E-state index contributed by atoms with van der Waals surface area (Å²) in [5, 5.41) is 3.44. The average molecular weight is 350 g/mol. The van der Waals surface area contributed by atoms with Crippen LogP contribution in [0.25, 0.3) is 0 Å². The number of benzene rings is 2. The Morgan fingerprint density at radius 2 is 2.14 bits per heavy atom. The lowest BCUT2D eigenvalue weighted by Gasteiger charge is -2.22. The predicted molar refractivity (Wildman–Crippen MR) is 85.3 cm³/mol. The molecule has 0 spiro atoms. The number of halogens is 2. The minimum absolute atomic E-state index is 0.0897. The molecule has 0 fully saturated rings. The number of rotatable bonds is 4. The summed E-state index contributed by atoms with van der Waals surface area (Å²) in [4.78, 5) is 0. The molecular weight excluding hydrogens is 333 g/mol. The fourth-order valence-electron chi connectivity index (χ4n) is 2.80. The van der Waals surface area contributed by atoms with Crippen LogP contribution in [0.2, 0.25) is 0 Å². The summed E-state index contributed by atoms with van der Waals surface area (Å²) < 4.78 is 20.4. The van der Waals surface area contributed by atoms with Crippen LogP contribution in [0, 0.1) is 5.82 Å². The molecule has 1 unspecified atom stereocenters. The van der Waals surface area contributed by atoms with E-state index in [4.69, 9.17) is 4.74 Å². The van der Waals surface area contributed by atoms with Crippen molar-refractivity contribution in [2.75, 3.05) is 13.2 Å². The number of hydrogen-bond donors (Lipinski definition) is 1. The highest BCUT2D eigenvalue weighted by molar-refractivity contribution is 9.10. The molecule has 2 nitrogen and oxygen atoms in total. The fraction of sp³-hybridized carbons (Fsp3) is 0.294. The van der Waals surface area contributed by atoms with Crippen LogP contribution in [0.3, 0.4) is 0 Å². The summed E-state index contributed by atoms with van der Waals surface area (Å²) >= 11 is 3.53. The van der Waals surface area contributed by atoms with Crippen LogP contribution < -0.4 is 10.1 Å². The van der Waals surface area contributed by atoms with Crippen LogP contribution in [-0.4, -0.2) is 13.2 Å². The summed E-state index contributed by atoms with van der Waals surface area (Å²) in [6.45, 7) is 3.55. The van der Waals surface area contributed by atoms with Crippen molar-refractivity contribution in [3.63, 3.8) is 0 Å². The van der Waals surface area contributed by atoms with Crippen molar-refractivity contribution < 1.29 is 9.13 Å². The third-order valence-electron chi connectivity index (χ3n) is 3.73. The molecule has 110 valence electrons. The average Bonchev–Trinajstić information content (AvgIpc) is 2.96. The number of fused-ring (bicyclic) bond motifs is 1. The van der Waals surface area contributed by atoms with Crippen molar-refractivity contribution in [3.8, 4) is 5.75 Å². The molecule has 21 heavy (non-hydrogen) atoms. The van der Waals surface area contributed by atoms with Gasteiger partial charge in [-0.3, -0.25) is 0 Å². The standard InChI is InChI=1S/C17H17BrFNO/c1-2-20-16(14-10-12(19)6-7-15(14)18)13-5-3-4-11-8-9-21-17(11)13/h3-7,10,16,20H,2,8-9H2,1H3. The van der Waals surface area contributed by atoms with E-state index in [1.54, 1.807) is 12.1 Å². The molecule has 1 atom stereocenters. The summed E-state index contributed by atoms with van der Waals surface area (Å²) in [7, 11) is 0. The minimum atomic E-state index is -0.232. The van der Waals surface area contributed by atoms with Crippen LogP contribution in [0.5, 0.6) is 5.75 Å². The van der Waals surface area contributed by atoms with Crippen LogP contribution in [0.4, 0.5) is 4.39 Å². The van der Waals surface area contributed by atoms with E-state index < -0.39 is 0 Å². The Labute approximate surface area is 132 Å². The normalized spacial score (nSPS) is 14.6. The monoisotopic (exact) mass is 349 g/mol. The van der Waals surface area contributed by atoms with Gasteiger partial charge in [0.1, 0.15) is 11.6 Å². The molecule has 1 heterocycles. The van der Waals surface area contributed by atoms with Crippen molar-refractivity contribution in [2.45, 2.75) is 19.4 Å². The second kappa shape index (κ2) is 6.16. The first kappa shape index (κ1) is 14.5. The third kappa shape index (κ3) is 2.83. The van der Waals surface area contributed by atoms with E-state index in [1.807, 2.05) is 13.0 Å². The van der Waals surface area contributed by atoms with Gasteiger partial charge in [-0.1, -0.05) is 41.1 Å². The zero-order valence-corrected chi connectivity index (χ0v) is 13.4. The highest BCUT2D eigenvalue weighted by Gasteiger charge is 2.24. The van der Waals surface area contributed by atoms with Crippen LogP contribution in [0.15, 0.2) is 40.9 Å². The molecule has 2 aromatic carbocycles. The van der Waals surface area contributed by atoms with E-state index in [1.165, 1.54) is 11.6 Å². The smallest absolute Gasteiger partial charge is 0.127 e. The second-order valence-corrected chi connectivity index (χ2v) is 5.94. The summed E-state index contributed by atoms with van der Waals surface area (Å²) in [6, 6.07) is 10.9. The molecule has 0 aromatic heterocycles. The molecule has 0 saturated heterocycles. The first-order valence-corrected chi connectivity index (χ1v) is 7.93. The Balaban J connectivity index is 2.10. The summed E-state index contributed by atoms with van der Waals surface area (Å²) in [6.07, 6.45) is 0.937. The molecule has 0 saturated carbocycles. The lowest BCUT2D eigenvalue weighted by Crippen LogP contribution is -2.23. The largest absolute Gasteiger partial charge is 0.493 e. The third-order valence-corrected chi connectivity index (χ3v) is 4.46. The maximum absolute atomic E-state index is 13.7. The molecule has 1 N–H and O–H groups in total. The molecule has 3 rings (SSSR count). The van der Waals surface area contributed by atoms with Gasteiger partial charge in [-0.15, -0.1) is 0 Å². The minimum Gasteiger partial charge on any atom is -0.493 e. The van der Waals surface area contributed by atoms with Gasteiger partial charge in [-0.2, -0.15) is 0 Å². The van der Waals surface area contributed by atoms with E-state index in [0.717, 1.165) is 40.9 Å². The van der Waals surface area contributed by atoms with Gasteiger partial charge in [-0.05, 0) is 35.9 Å². The number of hydrogen-bond acceptors (Lipinski definition) is 2. The Hall–Kier alpha value is -1.39. The Bertz CT molecular complexity index is 659. The molecule has 1 aliphatic rings. The molecule has 0 aliphatic carbocycles. The van der Waals surface area contributed by atoms with Crippen LogP contribution >= 0.6 is 15.9 Å². The van der Waals surface area contributed by atoms with Gasteiger partial charge in [0.05, 0.1) is 12.6 Å². The molecule has 0 bridgehead atoms. The van der Waals surface area contributed by atoms with E-state index >= 15 is 0 Å². The predicted octanol–water partition coefficient (Wildman–Crippen LogP) is 4.22. The second-order valence-electron chi connectivity index (χ2n) is 5.09. The topological polar surface area (TPSA) is 21.3 Å². The Morgan fingerprint density at radius 3 is 2.95 bits per heavy atom. The van der Waals surface area contributed by atoms with Gasteiger partial charge < -0.3 is 10.1 Å². The molecule has 2 aromatic rings. The highest BCUT2D eigenvalue weighted by atomic mass is 79.9. The lowest BCUT2D eigenvalue weighted by molar-refractivity contribution is 0.350. The maximum Gasteiger partial charge on any atom is 0.127 e. The van der Waals surface area contributed by atoms with Gasteiger partial charge in [0.25, 0.3) is 0 Å². The SMILES string of the molecule is CCNC(c1cc(F)ccc1Br)c1cccc2c1OCC2. The van der Waals surface area contributed by atoms with Crippen LogP contribution in [-0.2, 0) is 6.42 Å². The van der Waals surface area contributed by atoms with E-state index in [2.05, 4.69) is 33.4 Å². The van der Waals surface area contributed by atoms with Crippen molar-refractivity contribution in [1.82, 2.24) is 5.32 Å². The highest BCUT2D eigenvalue weighted by Crippen LogP contribution is 2.38. The zero-order valence-electron chi connectivity index (χ0n) is 11.8. The maximum atomic E-state index is 13.7. The Kier molecular flexibility index (Phi) is 4.27. The number of para-hydroxylation sites is 1. The summed E-state index contributed by atoms with van der Waals surface area (Å²) in [5.74, 6) is 0.712.